The van der Waals surface area contributed by atoms with Crippen molar-refractivity contribution in [2.45, 2.75) is 57.8 Å². The molecule has 5 aromatic rings. The summed E-state index contributed by atoms with van der Waals surface area (Å²) in [5, 5.41) is 13.3. The molecule has 2 amide bonds. The topological polar surface area (TPSA) is 126 Å². The van der Waals surface area contributed by atoms with Gasteiger partial charge in [0.15, 0.2) is 0 Å². The molecule has 2 atom stereocenters. The predicted octanol–water partition coefficient (Wildman–Crippen LogP) is 5.40. The van der Waals surface area contributed by atoms with E-state index >= 15 is 0 Å². The monoisotopic (exact) mass is 704 g/mol. The third-order valence-corrected chi connectivity index (χ3v) is 10.3. The quantitative estimate of drug-likeness (QED) is 0.137. The summed E-state index contributed by atoms with van der Waals surface area (Å²) in [4.78, 5) is 40.9. The highest BCUT2D eigenvalue weighted by atomic mass is 35.5. The zero-order chi connectivity index (χ0) is 35.5. The molecule has 2 aliphatic heterocycles. The van der Waals surface area contributed by atoms with Crippen molar-refractivity contribution in [3.8, 4) is 39.1 Å². The number of pyridine rings is 1. The summed E-state index contributed by atoms with van der Waals surface area (Å²) in [7, 11) is 1.67. The second-order valence-corrected chi connectivity index (χ2v) is 13.7. The fourth-order valence-electron chi connectivity index (χ4n) is 7.09. The molecule has 3 aromatic carbocycles. The van der Waals surface area contributed by atoms with E-state index in [1.165, 1.54) is 0 Å². The van der Waals surface area contributed by atoms with Crippen LogP contribution in [-0.2, 0) is 22.7 Å². The molecule has 0 unspecified atom stereocenters. The second kappa shape index (κ2) is 15.1. The van der Waals surface area contributed by atoms with Crippen LogP contribution in [0, 0.1) is 6.92 Å². The Kier molecular flexibility index (Phi) is 10.2. The molecule has 0 spiro atoms. The van der Waals surface area contributed by atoms with Crippen LogP contribution in [0.15, 0.2) is 83.9 Å². The summed E-state index contributed by atoms with van der Waals surface area (Å²) in [6.45, 7) is 4.40. The van der Waals surface area contributed by atoms with E-state index in [0.717, 1.165) is 63.1 Å². The summed E-state index contributed by atoms with van der Waals surface area (Å²) in [6.07, 6.45) is 6.19. The number of aromatic nitrogens is 2. The van der Waals surface area contributed by atoms with Gasteiger partial charge in [0, 0.05) is 85.8 Å². The molecule has 0 bridgehead atoms. The maximum Gasteiger partial charge on any atom is 0.262 e. The molecular formula is C40H41ClN6O4. The summed E-state index contributed by atoms with van der Waals surface area (Å²) in [5.74, 6) is 0.950. The van der Waals surface area contributed by atoms with E-state index in [0.29, 0.717) is 55.3 Å². The van der Waals surface area contributed by atoms with Crippen LogP contribution in [-0.4, -0.2) is 53.5 Å². The molecular weight excluding hydrogens is 664 g/mol. The second-order valence-electron chi connectivity index (χ2n) is 13.3. The number of fused-ring (bicyclic) bond motifs is 1. The Morgan fingerprint density at radius 1 is 0.804 bits per heavy atom. The van der Waals surface area contributed by atoms with E-state index < -0.39 is 0 Å². The Labute approximate surface area is 301 Å². The van der Waals surface area contributed by atoms with Crippen molar-refractivity contribution in [3.05, 3.63) is 111 Å². The minimum atomic E-state index is -0.122. The van der Waals surface area contributed by atoms with Gasteiger partial charge < -0.3 is 26.0 Å². The predicted molar refractivity (Wildman–Crippen MR) is 200 cm³/mol. The molecule has 2 fully saturated rings. The van der Waals surface area contributed by atoms with Crippen molar-refractivity contribution >= 4 is 29.1 Å². The van der Waals surface area contributed by atoms with Gasteiger partial charge in [-0.1, -0.05) is 60.1 Å². The molecule has 2 aliphatic rings. The first-order valence-electron chi connectivity index (χ1n) is 17.4. The van der Waals surface area contributed by atoms with Gasteiger partial charge in [0.05, 0.1) is 12.1 Å². The number of hydrogen-bond donors (Lipinski definition) is 4. The lowest BCUT2D eigenvalue weighted by molar-refractivity contribution is -0.120. The Morgan fingerprint density at radius 3 is 2.10 bits per heavy atom. The molecule has 2 saturated heterocycles. The van der Waals surface area contributed by atoms with Crippen LogP contribution >= 0.6 is 11.6 Å². The summed E-state index contributed by atoms with van der Waals surface area (Å²) in [5.41, 5.74) is 8.83. The number of rotatable bonds is 12. The van der Waals surface area contributed by atoms with Gasteiger partial charge in [-0.15, -0.1) is 0 Å². The van der Waals surface area contributed by atoms with Gasteiger partial charge in [0.25, 0.3) is 5.56 Å². The minimum absolute atomic E-state index is 0.0726. The number of halogens is 1. The third-order valence-electron chi connectivity index (χ3n) is 9.89. The molecule has 4 heterocycles. The zero-order valence-electron chi connectivity index (χ0n) is 28.7. The first kappa shape index (κ1) is 34.4. The molecule has 2 aromatic heterocycles. The lowest BCUT2D eigenvalue weighted by Gasteiger charge is -2.17. The Morgan fingerprint density at radius 2 is 1.43 bits per heavy atom. The van der Waals surface area contributed by atoms with Crippen molar-refractivity contribution in [2.24, 2.45) is 0 Å². The number of amides is 2. The van der Waals surface area contributed by atoms with Crippen LogP contribution in [0.1, 0.15) is 42.4 Å². The third kappa shape index (κ3) is 7.39. The van der Waals surface area contributed by atoms with E-state index in [-0.39, 0.29) is 29.5 Å². The minimum Gasteiger partial charge on any atom is -0.496 e. The van der Waals surface area contributed by atoms with E-state index in [2.05, 4.69) is 57.4 Å². The van der Waals surface area contributed by atoms with E-state index in [1.54, 1.807) is 23.9 Å². The first-order chi connectivity index (χ1) is 24.8. The molecule has 4 N–H and O–H groups in total. The summed E-state index contributed by atoms with van der Waals surface area (Å²) in [6, 6.07) is 22.5. The van der Waals surface area contributed by atoms with Crippen LogP contribution in [0.5, 0.6) is 5.75 Å². The number of benzene rings is 3. The molecule has 0 radical (unpaired) electrons. The average Bonchev–Trinajstić information content (AvgIpc) is 3.76. The number of hydrogen-bond acceptors (Lipinski definition) is 7. The normalized spacial score (nSPS) is 17.2. The lowest BCUT2D eigenvalue weighted by Crippen LogP contribution is -2.36. The first-order valence-corrected chi connectivity index (χ1v) is 17.7. The Bertz CT molecular complexity index is 2180. The maximum atomic E-state index is 13.3. The van der Waals surface area contributed by atoms with Gasteiger partial charge in [0.1, 0.15) is 11.4 Å². The van der Waals surface area contributed by atoms with Crippen LogP contribution in [0.25, 0.3) is 39.0 Å². The highest BCUT2D eigenvalue weighted by Crippen LogP contribution is 2.41. The van der Waals surface area contributed by atoms with E-state index in [9.17, 15) is 14.4 Å². The number of ether oxygens (including phenoxy) is 1. The van der Waals surface area contributed by atoms with Crippen LogP contribution in [0.2, 0.25) is 5.02 Å². The Balaban J connectivity index is 1.10. The molecule has 262 valence electrons. The lowest BCUT2D eigenvalue weighted by atomic mass is 9.91. The fourth-order valence-corrected chi connectivity index (χ4v) is 7.42. The highest BCUT2D eigenvalue weighted by molar-refractivity contribution is 6.36. The van der Waals surface area contributed by atoms with Crippen LogP contribution < -0.4 is 31.6 Å². The molecule has 0 aliphatic carbocycles. The van der Waals surface area contributed by atoms with Gasteiger partial charge in [-0.05, 0) is 65.8 Å². The van der Waals surface area contributed by atoms with Crippen molar-refractivity contribution in [1.29, 1.82) is 0 Å². The summed E-state index contributed by atoms with van der Waals surface area (Å²) >= 11 is 7.18. The van der Waals surface area contributed by atoms with Gasteiger partial charge in [-0.3, -0.25) is 18.8 Å². The van der Waals surface area contributed by atoms with Gasteiger partial charge in [-0.25, -0.2) is 4.98 Å². The standard InChI is InChI=1S/C40H41ClN6O4/c1-24-31(26-15-16-47-36(18-26)44-21-28(40(47)50)20-43-23-30-12-14-38(49)46-30)5-3-6-32(24)34-8-4-7-33(39(34)41)25-9-10-27(35(17-25)51-2)19-42-22-29-11-13-37(48)45-29/h3-10,15-18,21,29-30,42-43H,11-14,19-20,22-23H2,1-2H3,(H,45,48)(H,46,49)/t29-,30+/m0/s1. The number of nitrogens with zero attached hydrogens (tertiary/aromatic N) is 2. The van der Waals surface area contributed by atoms with Crippen molar-refractivity contribution < 1.29 is 14.3 Å². The SMILES string of the molecule is COc1cc(-c2cccc(-c3cccc(-c4ccn5c(=O)c(CNC[C@H]6CCC(=O)N6)cnc5c4)c3C)c2Cl)ccc1CNC[C@@H]1CCC(=O)N1. The number of nitrogens with one attached hydrogen (secondary N) is 4. The maximum absolute atomic E-state index is 13.3. The van der Waals surface area contributed by atoms with E-state index in [1.807, 2.05) is 42.5 Å². The van der Waals surface area contributed by atoms with E-state index in [4.69, 9.17) is 16.3 Å². The number of methoxy groups -OCH3 is 1. The average molecular weight is 705 g/mol. The molecule has 51 heavy (non-hydrogen) atoms. The smallest absolute Gasteiger partial charge is 0.262 e. The number of carbonyl (C=O) groups is 2. The Hall–Kier alpha value is -5.03. The van der Waals surface area contributed by atoms with Gasteiger partial charge >= 0.3 is 0 Å². The molecule has 0 saturated carbocycles. The van der Waals surface area contributed by atoms with Crippen molar-refractivity contribution in [1.82, 2.24) is 30.7 Å². The van der Waals surface area contributed by atoms with Crippen molar-refractivity contribution in [2.75, 3.05) is 20.2 Å². The van der Waals surface area contributed by atoms with Crippen LogP contribution in [0.3, 0.4) is 0 Å². The van der Waals surface area contributed by atoms with Gasteiger partial charge in [-0.2, -0.15) is 0 Å². The van der Waals surface area contributed by atoms with Crippen LogP contribution in [0.4, 0.5) is 0 Å². The zero-order valence-corrected chi connectivity index (χ0v) is 29.5. The number of carbonyl (C=O) groups excluding carboxylic acids is 2. The largest absolute Gasteiger partial charge is 0.496 e. The van der Waals surface area contributed by atoms with Crippen molar-refractivity contribution in [3.63, 3.8) is 0 Å². The molecule has 10 nitrogen and oxygen atoms in total. The van der Waals surface area contributed by atoms with Gasteiger partial charge in [0.2, 0.25) is 11.8 Å². The highest BCUT2D eigenvalue weighted by Gasteiger charge is 2.22. The fraction of sp³-hybridized carbons (Fsp3) is 0.300. The molecule has 7 rings (SSSR count). The summed E-state index contributed by atoms with van der Waals surface area (Å²) < 4.78 is 7.35. The molecule has 11 heteroatoms.